The van der Waals surface area contributed by atoms with Crippen LogP contribution >= 0.6 is 15.9 Å². The van der Waals surface area contributed by atoms with E-state index in [2.05, 4.69) is 20.9 Å². The maximum Gasteiger partial charge on any atom is 0.312 e. The number of hydrogen-bond acceptors (Lipinski definition) is 6. The summed E-state index contributed by atoms with van der Waals surface area (Å²) in [5.74, 6) is 0.366. The Labute approximate surface area is 112 Å². The molecule has 1 aromatic heterocycles. The summed E-state index contributed by atoms with van der Waals surface area (Å²) in [5.41, 5.74) is 5.54. The maximum atomic E-state index is 11.0. The lowest BCUT2D eigenvalue weighted by Crippen LogP contribution is -2.46. The summed E-state index contributed by atoms with van der Waals surface area (Å²) in [6.07, 6.45) is 1.44. The number of morpholine rings is 1. The van der Waals surface area contributed by atoms with Gasteiger partial charge in [-0.25, -0.2) is 4.98 Å². The van der Waals surface area contributed by atoms with Gasteiger partial charge >= 0.3 is 5.69 Å². The van der Waals surface area contributed by atoms with E-state index < -0.39 is 4.92 Å². The Morgan fingerprint density at radius 1 is 1.72 bits per heavy atom. The fraction of sp³-hybridized carbons (Fsp3) is 0.500. The average Bonchev–Trinajstić information content (AvgIpc) is 2.38. The highest BCUT2D eigenvalue weighted by Gasteiger charge is 2.26. The first kappa shape index (κ1) is 13.2. The number of pyridine rings is 1. The maximum absolute atomic E-state index is 11.0. The van der Waals surface area contributed by atoms with Crippen LogP contribution in [0.4, 0.5) is 11.5 Å². The monoisotopic (exact) mass is 316 g/mol. The Morgan fingerprint density at radius 3 is 3.17 bits per heavy atom. The van der Waals surface area contributed by atoms with Gasteiger partial charge in [-0.15, -0.1) is 0 Å². The van der Waals surface area contributed by atoms with Crippen molar-refractivity contribution in [3.05, 3.63) is 26.9 Å². The Bertz CT molecular complexity index is 457. The second-order valence-corrected chi connectivity index (χ2v) is 4.84. The molecular formula is C10H13BrN4O3. The average molecular weight is 317 g/mol. The lowest BCUT2D eigenvalue weighted by Gasteiger charge is -2.32. The predicted octanol–water partition coefficient (Wildman–Crippen LogP) is 0.916. The van der Waals surface area contributed by atoms with Crippen molar-refractivity contribution in [2.24, 2.45) is 5.73 Å². The number of ether oxygens (including phenoxy) is 1. The Kier molecular flexibility index (Phi) is 4.10. The summed E-state index contributed by atoms with van der Waals surface area (Å²) in [6.45, 7) is 1.98. The fourth-order valence-corrected chi connectivity index (χ4v) is 2.17. The molecule has 0 spiro atoms. The third kappa shape index (κ3) is 2.77. The minimum atomic E-state index is -0.431. The molecule has 1 saturated heterocycles. The van der Waals surface area contributed by atoms with E-state index in [0.29, 0.717) is 36.5 Å². The molecule has 1 unspecified atom stereocenters. The standard InChI is InChI=1S/C10H13BrN4O3/c11-7-3-9(15(16)17)10(13-5-7)14-1-2-18-8(4-12)6-14/h3,5,8H,1-2,4,6,12H2. The quantitative estimate of drug-likeness (QED) is 0.658. The molecule has 2 N–H and O–H groups in total. The normalized spacial score (nSPS) is 19.9. The van der Waals surface area contributed by atoms with E-state index in [9.17, 15) is 10.1 Å². The van der Waals surface area contributed by atoms with Gasteiger partial charge in [0.25, 0.3) is 0 Å². The van der Waals surface area contributed by atoms with Gasteiger partial charge in [-0.1, -0.05) is 0 Å². The van der Waals surface area contributed by atoms with Crippen LogP contribution in [0.2, 0.25) is 0 Å². The van der Waals surface area contributed by atoms with E-state index in [1.807, 2.05) is 4.90 Å². The molecule has 1 aliphatic rings. The zero-order chi connectivity index (χ0) is 13.1. The van der Waals surface area contributed by atoms with E-state index in [1.165, 1.54) is 6.07 Å². The smallest absolute Gasteiger partial charge is 0.312 e. The summed E-state index contributed by atoms with van der Waals surface area (Å²) in [7, 11) is 0. The minimum absolute atomic E-state index is 0.0120. The van der Waals surface area contributed by atoms with Crippen molar-refractivity contribution in [2.45, 2.75) is 6.10 Å². The molecule has 0 aliphatic carbocycles. The third-order valence-electron chi connectivity index (χ3n) is 2.71. The molecule has 1 atom stereocenters. The van der Waals surface area contributed by atoms with E-state index in [4.69, 9.17) is 10.5 Å². The number of nitro groups is 1. The Hall–Kier alpha value is -1.25. The molecular weight excluding hydrogens is 304 g/mol. The molecule has 0 bridgehead atoms. The molecule has 1 aliphatic heterocycles. The van der Waals surface area contributed by atoms with Gasteiger partial charge in [-0.05, 0) is 15.9 Å². The summed E-state index contributed by atoms with van der Waals surface area (Å²) in [4.78, 5) is 16.6. The van der Waals surface area contributed by atoms with Crippen molar-refractivity contribution in [2.75, 3.05) is 31.1 Å². The highest BCUT2D eigenvalue weighted by molar-refractivity contribution is 9.10. The van der Waals surface area contributed by atoms with Crippen molar-refractivity contribution in [3.8, 4) is 0 Å². The van der Waals surface area contributed by atoms with Crippen LogP contribution in [0.5, 0.6) is 0 Å². The van der Waals surface area contributed by atoms with Gasteiger partial charge in [0.15, 0.2) is 0 Å². The fourth-order valence-electron chi connectivity index (χ4n) is 1.85. The lowest BCUT2D eigenvalue weighted by molar-refractivity contribution is -0.384. The highest BCUT2D eigenvalue weighted by atomic mass is 79.9. The van der Waals surface area contributed by atoms with Gasteiger partial charge in [0.1, 0.15) is 0 Å². The van der Waals surface area contributed by atoms with Crippen LogP contribution in [-0.4, -0.2) is 42.3 Å². The van der Waals surface area contributed by atoms with Crippen molar-refractivity contribution >= 4 is 27.4 Å². The van der Waals surface area contributed by atoms with Crippen molar-refractivity contribution in [3.63, 3.8) is 0 Å². The van der Waals surface area contributed by atoms with Crippen LogP contribution in [0.25, 0.3) is 0 Å². The summed E-state index contributed by atoms with van der Waals surface area (Å²) in [6, 6.07) is 1.45. The van der Waals surface area contributed by atoms with Crippen molar-refractivity contribution in [1.29, 1.82) is 0 Å². The number of hydrogen-bond donors (Lipinski definition) is 1. The zero-order valence-corrected chi connectivity index (χ0v) is 11.2. The molecule has 0 radical (unpaired) electrons. The molecule has 1 aromatic rings. The highest BCUT2D eigenvalue weighted by Crippen LogP contribution is 2.29. The van der Waals surface area contributed by atoms with Crippen LogP contribution < -0.4 is 10.6 Å². The molecule has 0 saturated carbocycles. The van der Waals surface area contributed by atoms with Gasteiger partial charge in [0, 0.05) is 36.4 Å². The molecule has 1 fully saturated rings. The topological polar surface area (TPSA) is 94.5 Å². The van der Waals surface area contributed by atoms with Crippen molar-refractivity contribution < 1.29 is 9.66 Å². The van der Waals surface area contributed by atoms with Gasteiger partial charge in [0.05, 0.1) is 17.6 Å². The van der Waals surface area contributed by atoms with Crippen LogP contribution in [0.3, 0.4) is 0 Å². The number of aromatic nitrogens is 1. The van der Waals surface area contributed by atoms with E-state index in [0.717, 1.165) is 0 Å². The van der Waals surface area contributed by atoms with Gasteiger partial charge < -0.3 is 15.4 Å². The van der Waals surface area contributed by atoms with Crippen LogP contribution in [0.1, 0.15) is 0 Å². The zero-order valence-electron chi connectivity index (χ0n) is 9.58. The number of halogens is 1. The first-order valence-electron chi connectivity index (χ1n) is 5.48. The number of anilines is 1. The molecule has 0 amide bonds. The van der Waals surface area contributed by atoms with E-state index in [-0.39, 0.29) is 11.8 Å². The summed E-state index contributed by atoms with van der Waals surface area (Å²) < 4.78 is 6.01. The SMILES string of the molecule is NCC1CN(c2ncc(Br)cc2[N+](=O)[O-])CCO1. The Morgan fingerprint density at radius 2 is 2.50 bits per heavy atom. The molecule has 98 valence electrons. The summed E-state index contributed by atoms with van der Waals surface area (Å²) >= 11 is 3.18. The number of rotatable bonds is 3. The van der Waals surface area contributed by atoms with Gasteiger partial charge in [-0.2, -0.15) is 0 Å². The molecule has 8 heteroatoms. The predicted molar refractivity (Wildman–Crippen MR) is 69.6 cm³/mol. The second-order valence-electron chi connectivity index (χ2n) is 3.93. The second kappa shape index (κ2) is 5.59. The molecule has 7 nitrogen and oxygen atoms in total. The largest absolute Gasteiger partial charge is 0.373 e. The third-order valence-corrected chi connectivity index (χ3v) is 3.15. The van der Waals surface area contributed by atoms with E-state index >= 15 is 0 Å². The van der Waals surface area contributed by atoms with Gasteiger partial charge in [0.2, 0.25) is 5.82 Å². The molecule has 0 aromatic carbocycles. The molecule has 2 heterocycles. The number of nitrogens with zero attached hydrogens (tertiary/aromatic N) is 3. The van der Waals surface area contributed by atoms with Crippen LogP contribution in [0, 0.1) is 10.1 Å². The first-order chi connectivity index (χ1) is 8.61. The van der Waals surface area contributed by atoms with Gasteiger partial charge in [-0.3, -0.25) is 10.1 Å². The van der Waals surface area contributed by atoms with Crippen LogP contribution in [0.15, 0.2) is 16.7 Å². The molecule has 18 heavy (non-hydrogen) atoms. The lowest BCUT2D eigenvalue weighted by atomic mass is 10.2. The van der Waals surface area contributed by atoms with Crippen molar-refractivity contribution in [1.82, 2.24) is 4.98 Å². The van der Waals surface area contributed by atoms with Crippen LogP contribution in [-0.2, 0) is 4.74 Å². The Balaban J connectivity index is 2.29. The number of nitrogens with two attached hydrogens (primary N) is 1. The summed E-state index contributed by atoms with van der Waals surface area (Å²) in [5, 5.41) is 11.0. The molecule has 2 rings (SSSR count). The first-order valence-corrected chi connectivity index (χ1v) is 6.27. The minimum Gasteiger partial charge on any atom is -0.373 e. The van der Waals surface area contributed by atoms with E-state index in [1.54, 1.807) is 6.20 Å².